The Kier molecular flexibility index (Phi) is 6.30. The van der Waals surface area contributed by atoms with E-state index >= 15 is 0 Å². The van der Waals surface area contributed by atoms with Gasteiger partial charge in [0, 0.05) is 19.3 Å². The van der Waals surface area contributed by atoms with Crippen molar-refractivity contribution in [1.29, 1.82) is 0 Å². The highest BCUT2D eigenvalue weighted by Gasteiger charge is 2.35. The zero-order chi connectivity index (χ0) is 21.2. The molecule has 11 heteroatoms. The van der Waals surface area contributed by atoms with E-state index in [0.717, 1.165) is 22.5 Å². The lowest BCUT2D eigenvalue weighted by molar-refractivity contribution is -0.140. The van der Waals surface area contributed by atoms with Gasteiger partial charge in [-0.1, -0.05) is 6.07 Å². The maximum atomic E-state index is 12.9. The highest BCUT2D eigenvalue weighted by atomic mass is 79.9. The molecule has 6 nitrogen and oxygen atoms in total. The largest absolute Gasteiger partial charge is 0.423 e. The summed E-state index contributed by atoms with van der Waals surface area (Å²) in [4.78, 5) is 15.9. The first-order valence-corrected chi connectivity index (χ1v) is 10.8. The number of piperidine rings is 1. The molecule has 29 heavy (non-hydrogen) atoms. The fraction of sp³-hybridized carbons (Fsp3) is 0.333. The normalized spacial score (nSPS) is 16.6. The molecule has 0 atom stereocenters. The van der Waals surface area contributed by atoms with E-state index in [2.05, 4.69) is 20.9 Å². The second kappa shape index (κ2) is 8.41. The predicted octanol–water partition coefficient (Wildman–Crippen LogP) is 3.87. The molecule has 1 aromatic heterocycles. The number of carbonyl (C=O) groups excluding carboxylic acids is 1. The van der Waals surface area contributed by atoms with E-state index in [1.807, 2.05) is 0 Å². The Morgan fingerprint density at radius 2 is 1.86 bits per heavy atom. The lowest BCUT2D eigenvalue weighted by Gasteiger charge is -2.30. The number of rotatable bonds is 4. The predicted molar refractivity (Wildman–Crippen MR) is 100 cm³/mol. The minimum absolute atomic E-state index is 0.00650. The first-order valence-electron chi connectivity index (χ1n) is 8.58. The van der Waals surface area contributed by atoms with Crippen LogP contribution < -0.4 is 4.74 Å². The topological polar surface area (TPSA) is 76.6 Å². The van der Waals surface area contributed by atoms with Gasteiger partial charge in [0.2, 0.25) is 10.0 Å². The Morgan fingerprint density at radius 3 is 2.48 bits per heavy atom. The first-order chi connectivity index (χ1) is 13.6. The fourth-order valence-electron chi connectivity index (χ4n) is 2.95. The third kappa shape index (κ3) is 4.96. The van der Waals surface area contributed by atoms with Gasteiger partial charge in [0.25, 0.3) is 0 Å². The summed E-state index contributed by atoms with van der Waals surface area (Å²) in [5.74, 6) is -0.763. The highest BCUT2D eigenvalue weighted by Crippen LogP contribution is 2.32. The van der Waals surface area contributed by atoms with E-state index in [0.29, 0.717) is 10.7 Å². The molecule has 1 fully saturated rings. The monoisotopic (exact) mass is 492 g/mol. The third-order valence-electron chi connectivity index (χ3n) is 4.52. The van der Waals surface area contributed by atoms with Crippen LogP contribution in [0.5, 0.6) is 5.75 Å². The van der Waals surface area contributed by atoms with Crippen LogP contribution in [0.4, 0.5) is 13.2 Å². The van der Waals surface area contributed by atoms with Crippen molar-refractivity contribution < 1.29 is 31.1 Å². The van der Waals surface area contributed by atoms with Gasteiger partial charge in [0.05, 0.1) is 16.4 Å². The van der Waals surface area contributed by atoms with Gasteiger partial charge in [-0.25, -0.2) is 13.4 Å². The molecule has 0 spiro atoms. The van der Waals surface area contributed by atoms with Gasteiger partial charge in [-0.05, 0) is 59.1 Å². The summed E-state index contributed by atoms with van der Waals surface area (Å²) in [6.45, 7) is 0.0130. The van der Waals surface area contributed by atoms with Crippen molar-refractivity contribution >= 4 is 31.9 Å². The van der Waals surface area contributed by atoms with Gasteiger partial charge in [-0.2, -0.15) is 17.5 Å². The molecule has 0 radical (unpaired) electrons. The molecule has 2 heterocycles. The van der Waals surface area contributed by atoms with Crippen LogP contribution in [0.3, 0.4) is 0 Å². The number of hydrogen-bond donors (Lipinski definition) is 0. The molecule has 2 aromatic rings. The van der Waals surface area contributed by atoms with Crippen LogP contribution in [0.1, 0.15) is 18.4 Å². The Balaban J connectivity index is 1.67. The Bertz CT molecular complexity index is 1010. The van der Waals surface area contributed by atoms with E-state index in [9.17, 15) is 26.4 Å². The standard InChI is InChI=1S/C18H16BrF3N2O4S/c19-16-15(5-2-8-23-16)28-17(25)12-6-9-24(10-7-12)29(26,27)14-4-1-3-13(11-14)18(20,21)22/h1-5,8,11-12H,6-7,9-10H2. The van der Waals surface area contributed by atoms with Gasteiger partial charge >= 0.3 is 12.1 Å². The van der Waals surface area contributed by atoms with E-state index in [1.165, 1.54) is 6.20 Å². The number of esters is 1. The molecule has 0 bridgehead atoms. The molecule has 156 valence electrons. The molecule has 1 aliphatic rings. The number of sulfonamides is 1. The van der Waals surface area contributed by atoms with Crippen LogP contribution in [-0.2, 0) is 21.0 Å². The molecular formula is C18H16BrF3N2O4S. The number of benzene rings is 1. The molecule has 0 aliphatic carbocycles. The van der Waals surface area contributed by atoms with Gasteiger partial charge in [0.1, 0.15) is 4.60 Å². The quantitative estimate of drug-likeness (QED) is 0.478. The van der Waals surface area contributed by atoms with Crippen molar-refractivity contribution in [3.05, 3.63) is 52.8 Å². The fourth-order valence-corrected chi connectivity index (χ4v) is 4.80. The summed E-state index contributed by atoms with van der Waals surface area (Å²) >= 11 is 3.17. The lowest BCUT2D eigenvalue weighted by Crippen LogP contribution is -2.41. The maximum Gasteiger partial charge on any atom is 0.416 e. The third-order valence-corrected chi connectivity index (χ3v) is 7.01. The molecule has 1 aliphatic heterocycles. The van der Waals surface area contributed by atoms with Gasteiger partial charge in [-0.3, -0.25) is 4.79 Å². The van der Waals surface area contributed by atoms with Crippen molar-refractivity contribution in [3.63, 3.8) is 0 Å². The van der Waals surface area contributed by atoms with Crippen LogP contribution >= 0.6 is 15.9 Å². The number of alkyl halides is 3. The molecule has 1 saturated heterocycles. The molecule has 0 unspecified atom stereocenters. The minimum atomic E-state index is -4.64. The van der Waals surface area contributed by atoms with Gasteiger partial charge < -0.3 is 4.74 Å². The molecular weight excluding hydrogens is 477 g/mol. The van der Waals surface area contributed by atoms with Crippen molar-refractivity contribution in [2.24, 2.45) is 5.92 Å². The van der Waals surface area contributed by atoms with Crippen LogP contribution in [0.15, 0.2) is 52.1 Å². The first kappa shape index (κ1) is 21.7. The van der Waals surface area contributed by atoms with E-state index in [1.54, 1.807) is 12.1 Å². The summed E-state index contributed by atoms with van der Waals surface area (Å²) in [7, 11) is -4.10. The number of pyridine rings is 1. The average Bonchev–Trinajstić information content (AvgIpc) is 2.69. The summed E-state index contributed by atoms with van der Waals surface area (Å²) < 4.78 is 70.8. The summed E-state index contributed by atoms with van der Waals surface area (Å²) in [5, 5.41) is 0. The zero-order valence-electron chi connectivity index (χ0n) is 14.9. The van der Waals surface area contributed by atoms with E-state index in [-0.39, 0.29) is 31.7 Å². The average molecular weight is 493 g/mol. The highest BCUT2D eigenvalue weighted by molar-refractivity contribution is 9.10. The van der Waals surface area contributed by atoms with Crippen molar-refractivity contribution in [3.8, 4) is 5.75 Å². The van der Waals surface area contributed by atoms with Crippen LogP contribution in [0.25, 0.3) is 0 Å². The zero-order valence-corrected chi connectivity index (χ0v) is 17.3. The Morgan fingerprint density at radius 1 is 1.17 bits per heavy atom. The number of ether oxygens (including phenoxy) is 1. The van der Waals surface area contributed by atoms with Crippen molar-refractivity contribution in [2.75, 3.05) is 13.1 Å². The Labute approximate surface area is 173 Å². The van der Waals surface area contributed by atoms with Crippen molar-refractivity contribution in [2.45, 2.75) is 23.9 Å². The second-order valence-electron chi connectivity index (χ2n) is 6.42. The number of carbonyl (C=O) groups is 1. The number of hydrogen-bond acceptors (Lipinski definition) is 5. The summed E-state index contributed by atoms with van der Waals surface area (Å²) in [6, 6.07) is 6.81. The number of aromatic nitrogens is 1. The van der Waals surface area contributed by atoms with Gasteiger partial charge in [0.15, 0.2) is 5.75 Å². The van der Waals surface area contributed by atoms with Crippen LogP contribution in [-0.4, -0.2) is 36.8 Å². The minimum Gasteiger partial charge on any atom is -0.423 e. The summed E-state index contributed by atoms with van der Waals surface area (Å²) in [5.41, 5.74) is -1.03. The lowest BCUT2D eigenvalue weighted by atomic mass is 9.98. The van der Waals surface area contributed by atoms with Crippen molar-refractivity contribution in [1.82, 2.24) is 9.29 Å². The maximum absolute atomic E-state index is 12.9. The molecule has 0 N–H and O–H groups in total. The molecule has 0 amide bonds. The Hall–Kier alpha value is -1.98. The summed E-state index contributed by atoms with van der Waals surface area (Å²) in [6.07, 6.45) is -2.70. The number of nitrogens with zero attached hydrogens (tertiary/aromatic N) is 2. The number of halogens is 4. The molecule has 0 saturated carbocycles. The van der Waals surface area contributed by atoms with E-state index in [4.69, 9.17) is 4.74 Å². The van der Waals surface area contributed by atoms with Gasteiger partial charge in [-0.15, -0.1) is 0 Å². The van der Waals surface area contributed by atoms with Crippen LogP contribution in [0, 0.1) is 5.92 Å². The molecule has 3 rings (SSSR count). The SMILES string of the molecule is O=C(Oc1cccnc1Br)C1CCN(S(=O)(=O)c2cccc(C(F)(F)F)c2)CC1. The molecule has 1 aromatic carbocycles. The smallest absolute Gasteiger partial charge is 0.416 e. The van der Waals surface area contributed by atoms with Crippen LogP contribution in [0.2, 0.25) is 0 Å². The van der Waals surface area contributed by atoms with E-state index < -0.39 is 38.5 Å². The second-order valence-corrected chi connectivity index (χ2v) is 9.11.